The largest absolute Gasteiger partial charge is 0.332 e. The number of halogens is 2. The predicted molar refractivity (Wildman–Crippen MR) is 145 cm³/mol. The van der Waals surface area contributed by atoms with Gasteiger partial charge >= 0.3 is 6.03 Å². The molecule has 0 saturated carbocycles. The first-order valence-corrected chi connectivity index (χ1v) is 12.0. The fraction of sp³-hybridized carbons (Fsp3) is 0.0690. The zero-order chi connectivity index (χ0) is 27.2. The van der Waals surface area contributed by atoms with Crippen LogP contribution in [-0.4, -0.2) is 17.7 Å². The molecule has 4 aromatic carbocycles. The van der Waals surface area contributed by atoms with Crippen LogP contribution in [0.15, 0.2) is 97.1 Å². The van der Waals surface area contributed by atoms with Crippen molar-refractivity contribution < 1.29 is 23.2 Å². The molecule has 0 radical (unpaired) electrons. The van der Waals surface area contributed by atoms with E-state index in [2.05, 4.69) is 23.4 Å². The Morgan fingerprint density at radius 1 is 0.816 bits per heavy atom. The summed E-state index contributed by atoms with van der Waals surface area (Å²) < 4.78 is 28.4. The van der Waals surface area contributed by atoms with Gasteiger partial charge in [0.05, 0.1) is 23.0 Å². The average molecular weight is 532 g/mol. The number of rotatable bonds is 7. The van der Waals surface area contributed by atoms with Gasteiger partial charge in [-0.2, -0.15) is 0 Å². The Labute approximate surface area is 223 Å². The van der Waals surface area contributed by atoms with Crippen molar-refractivity contribution >= 4 is 41.9 Å². The lowest BCUT2D eigenvalue weighted by atomic mass is 10.0. The summed E-state index contributed by atoms with van der Waals surface area (Å²) >= 11 is 4.31. The molecule has 9 heteroatoms. The maximum atomic E-state index is 14.2. The van der Waals surface area contributed by atoms with Crippen molar-refractivity contribution in [2.45, 2.75) is 13.0 Å². The second kappa shape index (κ2) is 11.7. The zero-order valence-corrected chi connectivity index (χ0v) is 21.1. The predicted octanol–water partition coefficient (Wildman–Crippen LogP) is 6.57. The fourth-order valence-corrected chi connectivity index (χ4v) is 3.92. The van der Waals surface area contributed by atoms with Crippen molar-refractivity contribution in [2.75, 3.05) is 9.62 Å². The lowest BCUT2D eigenvalue weighted by Gasteiger charge is -2.22. The number of thiol groups is 1. The van der Waals surface area contributed by atoms with Crippen LogP contribution in [0.5, 0.6) is 0 Å². The minimum absolute atomic E-state index is 0.0804. The number of amides is 3. The molecule has 4 aromatic rings. The van der Waals surface area contributed by atoms with E-state index in [-0.39, 0.29) is 28.3 Å². The van der Waals surface area contributed by atoms with E-state index >= 15 is 0 Å². The summed E-state index contributed by atoms with van der Waals surface area (Å²) in [5.74, 6) is -2.24. The van der Waals surface area contributed by atoms with Gasteiger partial charge in [-0.05, 0) is 55.0 Å². The van der Waals surface area contributed by atoms with Crippen LogP contribution in [0.25, 0.3) is 0 Å². The minimum atomic E-state index is -0.730. The number of hydrogen-bond acceptors (Lipinski definition) is 4. The lowest BCUT2D eigenvalue weighted by molar-refractivity contribution is 0.102. The molecule has 0 aromatic heterocycles. The highest BCUT2D eigenvalue weighted by Gasteiger charge is 2.22. The fourth-order valence-electron chi connectivity index (χ4n) is 3.74. The molecule has 192 valence electrons. The molecule has 0 aliphatic carbocycles. The number of ketones is 1. The van der Waals surface area contributed by atoms with Gasteiger partial charge in [0.15, 0.2) is 5.78 Å². The molecule has 0 saturated heterocycles. The number of benzene rings is 4. The molecule has 0 spiro atoms. The maximum absolute atomic E-state index is 14.2. The summed E-state index contributed by atoms with van der Waals surface area (Å²) in [7, 11) is 0. The molecule has 3 amide bonds. The molecule has 4 rings (SSSR count). The SMILES string of the molecule is CC(NC(=O)N(S)c1ccc(NC(=O)c2ccccc2F)c(C(=O)c2ccccc2)c1)c1ccc(F)cc1. The summed E-state index contributed by atoms with van der Waals surface area (Å²) in [5, 5.41) is 5.36. The summed E-state index contributed by atoms with van der Waals surface area (Å²) in [6.07, 6.45) is 0. The van der Waals surface area contributed by atoms with Crippen molar-refractivity contribution in [1.82, 2.24) is 5.32 Å². The molecule has 0 bridgehead atoms. The van der Waals surface area contributed by atoms with Gasteiger partial charge in [0.25, 0.3) is 5.91 Å². The number of hydrogen-bond donors (Lipinski definition) is 3. The van der Waals surface area contributed by atoms with Crippen LogP contribution in [0.2, 0.25) is 0 Å². The quantitative estimate of drug-likeness (QED) is 0.186. The first kappa shape index (κ1) is 26.6. The molecule has 0 fully saturated rings. The normalized spacial score (nSPS) is 11.4. The Balaban J connectivity index is 1.63. The van der Waals surface area contributed by atoms with Gasteiger partial charge in [-0.15, -0.1) is 0 Å². The summed E-state index contributed by atoms with van der Waals surface area (Å²) in [6, 6.07) is 22.9. The van der Waals surface area contributed by atoms with Gasteiger partial charge < -0.3 is 10.6 Å². The highest BCUT2D eigenvalue weighted by atomic mass is 32.1. The number of carbonyl (C=O) groups excluding carboxylic acids is 3. The Bertz CT molecular complexity index is 1480. The zero-order valence-electron chi connectivity index (χ0n) is 20.2. The minimum Gasteiger partial charge on any atom is -0.330 e. The van der Waals surface area contributed by atoms with Crippen LogP contribution in [-0.2, 0) is 0 Å². The monoisotopic (exact) mass is 531 g/mol. The second-order valence-electron chi connectivity index (χ2n) is 8.39. The van der Waals surface area contributed by atoms with Crippen molar-refractivity contribution in [3.63, 3.8) is 0 Å². The van der Waals surface area contributed by atoms with Crippen LogP contribution in [0.4, 0.5) is 25.0 Å². The Kier molecular flexibility index (Phi) is 8.18. The highest BCUT2D eigenvalue weighted by molar-refractivity contribution is 7.82. The Morgan fingerprint density at radius 2 is 1.47 bits per heavy atom. The third-order valence-electron chi connectivity index (χ3n) is 5.80. The van der Waals surface area contributed by atoms with Gasteiger partial charge in [-0.25, -0.2) is 17.9 Å². The van der Waals surface area contributed by atoms with Crippen molar-refractivity contribution in [3.8, 4) is 0 Å². The van der Waals surface area contributed by atoms with E-state index in [9.17, 15) is 23.2 Å². The van der Waals surface area contributed by atoms with Crippen LogP contribution in [0.3, 0.4) is 0 Å². The number of nitrogens with one attached hydrogen (secondary N) is 2. The lowest BCUT2D eigenvalue weighted by Crippen LogP contribution is -2.35. The van der Waals surface area contributed by atoms with Crippen LogP contribution in [0, 0.1) is 11.6 Å². The third kappa shape index (κ3) is 6.07. The van der Waals surface area contributed by atoms with E-state index in [0.717, 1.165) is 4.31 Å². The summed E-state index contributed by atoms with van der Waals surface area (Å²) in [6.45, 7) is 1.73. The first-order chi connectivity index (χ1) is 18.2. The van der Waals surface area contributed by atoms with Gasteiger partial charge in [-0.1, -0.05) is 67.4 Å². The first-order valence-electron chi connectivity index (χ1n) is 11.6. The molecular formula is C29H23F2N3O3S. The Hall–Kier alpha value is -4.50. The van der Waals surface area contributed by atoms with E-state index in [0.29, 0.717) is 11.1 Å². The molecule has 1 atom stereocenters. The smallest absolute Gasteiger partial charge is 0.330 e. The van der Waals surface area contributed by atoms with Gasteiger partial charge in [-0.3, -0.25) is 9.59 Å². The van der Waals surface area contributed by atoms with E-state index < -0.39 is 29.6 Å². The van der Waals surface area contributed by atoms with E-state index in [1.165, 1.54) is 54.6 Å². The molecule has 0 heterocycles. The molecular weight excluding hydrogens is 508 g/mol. The van der Waals surface area contributed by atoms with Gasteiger partial charge in [0.2, 0.25) is 0 Å². The maximum Gasteiger partial charge on any atom is 0.332 e. The molecule has 38 heavy (non-hydrogen) atoms. The topological polar surface area (TPSA) is 78.5 Å². The number of anilines is 2. The van der Waals surface area contributed by atoms with E-state index in [1.807, 2.05) is 0 Å². The molecule has 2 N–H and O–H groups in total. The van der Waals surface area contributed by atoms with Crippen molar-refractivity contribution in [3.05, 3.63) is 131 Å². The molecule has 6 nitrogen and oxygen atoms in total. The number of nitrogens with zero attached hydrogens (tertiary/aromatic N) is 1. The van der Waals surface area contributed by atoms with E-state index in [4.69, 9.17) is 0 Å². The van der Waals surface area contributed by atoms with Gasteiger partial charge in [0, 0.05) is 11.1 Å². The molecule has 1 unspecified atom stereocenters. The van der Waals surface area contributed by atoms with E-state index in [1.54, 1.807) is 49.4 Å². The van der Waals surface area contributed by atoms with Crippen LogP contribution < -0.4 is 14.9 Å². The third-order valence-corrected chi connectivity index (χ3v) is 6.21. The average Bonchev–Trinajstić information content (AvgIpc) is 2.93. The van der Waals surface area contributed by atoms with Crippen molar-refractivity contribution in [2.24, 2.45) is 0 Å². The second-order valence-corrected chi connectivity index (χ2v) is 8.79. The van der Waals surface area contributed by atoms with Crippen LogP contribution in [0.1, 0.15) is 44.8 Å². The molecule has 0 aliphatic heterocycles. The molecule has 0 aliphatic rings. The number of urea groups is 1. The van der Waals surface area contributed by atoms with Gasteiger partial charge in [0.1, 0.15) is 11.6 Å². The summed E-state index contributed by atoms with van der Waals surface area (Å²) in [4.78, 5) is 39.1. The standard InChI is InChI=1S/C29H23F2N3O3S/c1-18(19-11-13-21(30)14-12-19)32-29(37)34(38)22-15-16-26(33-28(36)23-9-5-6-10-25(23)31)24(17-22)27(35)20-7-3-2-4-8-20/h2-18,38H,1H3,(H,32,37)(H,33,36). The summed E-state index contributed by atoms with van der Waals surface area (Å²) in [5.41, 5.74) is 1.33. The highest BCUT2D eigenvalue weighted by Crippen LogP contribution is 2.28. The van der Waals surface area contributed by atoms with Crippen LogP contribution >= 0.6 is 12.8 Å². The Morgan fingerprint density at radius 3 is 2.16 bits per heavy atom. The van der Waals surface area contributed by atoms with Crippen molar-refractivity contribution in [1.29, 1.82) is 0 Å². The number of carbonyl (C=O) groups is 3.